The van der Waals surface area contributed by atoms with Gasteiger partial charge in [-0.15, -0.1) is 11.6 Å². The monoisotopic (exact) mass is 308 g/mol. The lowest BCUT2D eigenvalue weighted by atomic mass is 10.0. The van der Waals surface area contributed by atoms with Gasteiger partial charge in [-0.25, -0.2) is 0 Å². The van der Waals surface area contributed by atoms with Gasteiger partial charge in [-0.05, 0) is 38.8 Å². The molecule has 0 radical (unpaired) electrons. The number of nitrogens with zero attached hydrogens (tertiary/aromatic N) is 1. The van der Waals surface area contributed by atoms with Gasteiger partial charge in [-0.3, -0.25) is 9.59 Å². The molecular formula is C16H21ClN2O2. The van der Waals surface area contributed by atoms with Crippen LogP contribution in [-0.2, 0) is 4.79 Å². The van der Waals surface area contributed by atoms with Crippen LogP contribution in [0.25, 0.3) is 0 Å². The summed E-state index contributed by atoms with van der Waals surface area (Å²) in [5, 5.41) is 2.40. The highest BCUT2D eigenvalue weighted by molar-refractivity contribution is 6.30. The van der Waals surface area contributed by atoms with Gasteiger partial charge >= 0.3 is 0 Å². The van der Waals surface area contributed by atoms with Crippen LogP contribution >= 0.6 is 11.6 Å². The maximum absolute atomic E-state index is 12.4. The average molecular weight is 309 g/mol. The van der Waals surface area contributed by atoms with Crippen molar-refractivity contribution >= 4 is 23.4 Å². The minimum Gasteiger partial charge on any atom is -0.352 e. The topological polar surface area (TPSA) is 49.4 Å². The number of nitrogens with one attached hydrogen (secondary N) is 1. The Balaban J connectivity index is 1.89. The van der Waals surface area contributed by atoms with Crippen LogP contribution in [0.3, 0.4) is 0 Å². The fraction of sp³-hybridized carbons (Fsp3) is 0.500. The zero-order chi connectivity index (χ0) is 15.4. The van der Waals surface area contributed by atoms with E-state index in [-0.39, 0.29) is 17.9 Å². The summed E-state index contributed by atoms with van der Waals surface area (Å²) in [5.41, 5.74) is 1.81. The number of rotatable bonds is 3. The third-order valence-electron chi connectivity index (χ3n) is 3.75. The van der Waals surface area contributed by atoms with E-state index in [1.165, 1.54) is 0 Å². The number of hydrogen-bond donors (Lipinski definition) is 1. The number of aryl methyl sites for hydroxylation is 1. The molecule has 1 N–H and O–H groups in total. The highest BCUT2D eigenvalue weighted by Gasteiger charge is 2.25. The van der Waals surface area contributed by atoms with Gasteiger partial charge in [0.2, 0.25) is 5.91 Å². The molecule has 1 unspecified atom stereocenters. The normalized spacial score (nSPS) is 17.4. The van der Waals surface area contributed by atoms with Gasteiger partial charge in [0, 0.05) is 24.7 Å². The maximum Gasteiger partial charge on any atom is 0.253 e. The molecule has 1 aromatic rings. The Morgan fingerprint density at radius 3 is 2.57 bits per heavy atom. The summed E-state index contributed by atoms with van der Waals surface area (Å²) in [6.45, 7) is 4.96. The third-order valence-corrected chi connectivity index (χ3v) is 3.95. The fourth-order valence-corrected chi connectivity index (χ4v) is 2.57. The van der Waals surface area contributed by atoms with Crippen LogP contribution < -0.4 is 5.32 Å². The Morgan fingerprint density at radius 1 is 1.33 bits per heavy atom. The first-order valence-electron chi connectivity index (χ1n) is 7.28. The number of piperidine rings is 1. The summed E-state index contributed by atoms with van der Waals surface area (Å²) in [6.07, 6.45) is 1.54. The minimum atomic E-state index is -0.517. The molecule has 0 spiro atoms. The largest absolute Gasteiger partial charge is 0.352 e. The van der Waals surface area contributed by atoms with Gasteiger partial charge in [-0.1, -0.05) is 17.7 Å². The number of carbonyl (C=O) groups excluding carboxylic acids is 2. The highest BCUT2D eigenvalue weighted by atomic mass is 35.5. The van der Waals surface area contributed by atoms with E-state index in [0.717, 1.165) is 24.0 Å². The fourth-order valence-electron chi connectivity index (χ4n) is 2.50. The molecule has 0 aromatic heterocycles. The van der Waals surface area contributed by atoms with Gasteiger partial charge in [0.25, 0.3) is 5.91 Å². The lowest BCUT2D eigenvalue weighted by molar-refractivity contribution is -0.121. The van der Waals surface area contributed by atoms with Crippen LogP contribution in [0.4, 0.5) is 0 Å². The van der Waals surface area contributed by atoms with Crippen molar-refractivity contribution in [2.45, 2.75) is 38.1 Å². The molecule has 1 aromatic carbocycles. The van der Waals surface area contributed by atoms with Crippen LogP contribution in [0, 0.1) is 6.92 Å². The van der Waals surface area contributed by atoms with Crippen LogP contribution in [0.15, 0.2) is 24.3 Å². The minimum absolute atomic E-state index is 0.0641. The molecule has 21 heavy (non-hydrogen) atoms. The Labute approximate surface area is 130 Å². The number of carbonyl (C=O) groups is 2. The molecule has 2 rings (SSSR count). The smallest absolute Gasteiger partial charge is 0.253 e. The van der Waals surface area contributed by atoms with E-state index in [9.17, 15) is 9.59 Å². The molecule has 1 atom stereocenters. The van der Waals surface area contributed by atoms with Crippen molar-refractivity contribution in [3.05, 3.63) is 35.4 Å². The molecule has 4 nitrogen and oxygen atoms in total. The van der Waals surface area contributed by atoms with E-state index in [4.69, 9.17) is 11.6 Å². The van der Waals surface area contributed by atoms with Crippen molar-refractivity contribution in [3.8, 4) is 0 Å². The summed E-state index contributed by atoms with van der Waals surface area (Å²) in [4.78, 5) is 25.8. The van der Waals surface area contributed by atoms with Gasteiger partial charge < -0.3 is 10.2 Å². The highest BCUT2D eigenvalue weighted by Crippen LogP contribution is 2.15. The quantitative estimate of drug-likeness (QED) is 0.871. The zero-order valence-corrected chi connectivity index (χ0v) is 13.2. The van der Waals surface area contributed by atoms with E-state index in [0.29, 0.717) is 13.1 Å². The molecule has 5 heteroatoms. The first-order valence-corrected chi connectivity index (χ1v) is 7.71. The van der Waals surface area contributed by atoms with Crippen LogP contribution in [0.5, 0.6) is 0 Å². The van der Waals surface area contributed by atoms with Gasteiger partial charge in [0.05, 0.1) is 0 Å². The molecule has 1 saturated heterocycles. The molecule has 1 aliphatic rings. The molecule has 0 saturated carbocycles. The molecular weight excluding hydrogens is 288 g/mol. The third kappa shape index (κ3) is 4.21. The standard InChI is InChI=1S/C16H21ClN2O2/c1-11-4-3-5-13(10-11)16(21)19-8-6-14(7-9-19)18-15(20)12(2)17/h3-5,10,12,14H,6-9H2,1-2H3,(H,18,20). The summed E-state index contributed by atoms with van der Waals surface area (Å²) in [7, 11) is 0. The van der Waals surface area contributed by atoms with Gasteiger partial charge in [0.15, 0.2) is 0 Å². The van der Waals surface area contributed by atoms with Crippen molar-refractivity contribution in [2.75, 3.05) is 13.1 Å². The molecule has 1 aliphatic heterocycles. The van der Waals surface area contributed by atoms with E-state index in [1.807, 2.05) is 36.1 Å². The number of halogens is 1. The van der Waals surface area contributed by atoms with E-state index in [2.05, 4.69) is 5.32 Å². The average Bonchev–Trinajstić information content (AvgIpc) is 2.47. The zero-order valence-electron chi connectivity index (χ0n) is 12.4. The predicted molar refractivity (Wildman–Crippen MR) is 83.6 cm³/mol. The molecule has 1 fully saturated rings. The molecule has 0 bridgehead atoms. The van der Waals surface area contributed by atoms with Gasteiger partial charge in [-0.2, -0.15) is 0 Å². The first-order chi connectivity index (χ1) is 9.97. The van der Waals surface area contributed by atoms with Crippen LogP contribution in [0.2, 0.25) is 0 Å². The Kier molecular flexibility index (Phi) is 5.23. The first kappa shape index (κ1) is 15.8. The van der Waals surface area contributed by atoms with Crippen LogP contribution in [-0.4, -0.2) is 41.2 Å². The Hall–Kier alpha value is -1.55. The molecule has 2 amide bonds. The maximum atomic E-state index is 12.4. The second kappa shape index (κ2) is 6.94. The number of hydrogen-bond acceptors (Lipinski definition) is 2. The lowest BCUT2D eigenvalue weighted by Gasteiger charge is -2.32. The summed E-state index contributed by atoms with van der Waals surface area (Å²) < 4.78 is 0. The van der Waals surface area contributed by atoms with E-state index >= 15 is 0 Å². The second-order valence-corrected chi connectivity index (χ2v) is 6.22. The van der Waals surface area contributed by atoms with Crippen molar-refractivity contribution < 1.29 is 9.59 Å². The number of likely N-dealkylation sites (tertiary alicyclic amines) is 1. The molecule has 114 valence electrons. The Morgan fingerprint density at radius 2 is 2.00 bits per heavy atom. The van der Waals surface area contributed by atoms with Gasteiger partial charge in [0.1, 0.15) is 5.38 Å². The molecule has 1 heterocycles. The number of alkyl halides is 1. The molecule has 0 aliphatic carbocycles. The van der Waals surface area contributed by atoms with Crippen molar-refractivity contribution in [1.29, 1.82) is 0 Å². The summed E-state index contributed by atoms with van der Waals surface area (Å²) in [5.74, 6) is -0.0747. The number of amides is 2. The van der Waals surface area contributed by atoms with E-state index < -0.39 is 5.38 Å². The van der Waals surface area contributed by atoms with Crippen molar-refractivity contribution in [3.63, 3.8) is 0 Å². The number of benzene rings is 1. The summed E-state index contributed by atoms with van der Waals surface area (Å²) >= 11 is 5.74. The lowest BCUT2D eigenvalue weighted by Crippen LogP contribution is -2.47. The van der Waals surface area contributed by atoms with Crippen LogP contribution in [0.1, 0.15) is 35.7 Å². The van der Waals surface area contributed by atoms with Crippen molar-refractivity contribution in [1.82, 2.24) is 10.2 Å². The SMILES string of the molecule is Cc1cccc(C(=O)N2CCC(NC(=O)C(C)Cl)CC2)c1. The van der Waals surface area contributed by atoms with E-state index in [1.54, 1.807) is 6.92 Å². The predicted octanol–water partition coefficient (Wildman–Crippen LogP) is 2.34. The van der Waals surface area contributed by atoms with Crippen molar-refractivity contribution in [2.24, 2.45) is 0 Å². The summed E-state index contributed by atoms with van der Waals surface area (Å²) in [6, 6.07) is 7.74. The Bertz CT molecular complexity index is 523. The second-order valence-electron chi connectivity index (χ2n) is 5.56.